The Morgan fingerprint density at radius 2 is 1.65 bits per heavy atom. The first-order chi connectivity index (χ1) is 16.4. The fourth-order valence-corrected chi connectivity index (χ4v) is 3.62. The highest BCUT2D eigenvalue weighted by molar-refractivity contribution is 9.10. The Balaban J connectivity index is 1.54. The predicted molar refractivity (Wildman–Crippen MR) is 132 cm³/mol. The van der Waals surface area contributed by atoms with Crippen molar-refractivity contribution in [3.8, 4) is 11.5 Å². The van der Waals surface area contributed by atoms with Crippen molar-refractivity contribution in [3.05, 3.63) is 94.0 Å². The van der Waals surface area contributed by atoms with Gasteiger partial charge in [-0.3, -0.25) is 14.9 Å². The van der Waals surface area contributed by atoms with Crippen LogP contribution < -0.4 is 19.7 Å². The topological polar surface area (TPSA) is 84.9 Å². The number of hydrogen-bond acceptors (Lipinski definition) is 5. The number of urea groups is 1. The van der Waals surface area contributed by atoms with E-state index in [0.717, 1.165) is 14.9 Å². The van der Waals surface area contributed by atoms with E-state index in [2.05, 4.69) is 21.2 Å². The van der Waals surface area contributed by atoms with Gasteiger partial charge in [0.05, 0.1) is 12.3 Å². The molecule has 0 spiro atoms. The lowest BCUT2D eigenvalue weighted by atomic mass is 10.1. The third-order valence-corrected chi connectivity index (χ3v) is 5.52. The number of amides is 4. The monoisotopic (exact) mass is 520 g/mol. The quantitative estimate of drug-likeness (QED) is 0.346. The molecule has 4 rings (SSSR count). The molecule has 0 aromatic heterocycles. The molecule has 0 radical (unpaired) electrons. The van der Waals surface area contributed by atoms with Crippen LogP contribution in [0.5, 0.6) is 11.5 Å². The van der Waals surface area contributed by atoms with E-state index < -0.39 is 17.8 Å². The number of anilines is 1. The fourth-order valence-electron chi connectivity index (χ4n) is 3.36. The molecule has 0 unspecified atom stereocenters. The van der Waals surface area contributed by atoms with E-state index in [-0.39, 0.29) is 5.57 Å². The van der Waals surface area contributed by atoms with Crippen LogP contribution in [0.1, 0.15) is 18.1 Å². The molecule has 3 aromatic carbocycles. The number of nitrogens with zero attached hydrogens (tertiary/aromatic N) is 1. The van der Waals surface area contributed by atoms with Crippen LogP contribution >= 0.6 is 15.9 Å². The maximum absolute atomic E-state index is 13.1. The molecule has 8 heteroatoms. The van der Waals surface area contributed by atoms with Gasteiger partial charge in [0.15, 0.2) is 0 Å². The first-order valence-corrected chi connectivity index (χ1v) is 11.4. The van der Waals surface area contributed by atoms with Crippen molar-refractivity contribution in [2.75, 3.05) is 11.5 Å². The summed E-state index contributed by atoms with van der Waals surface area (Å²) in [4.78, 5) is 38.9. The molecule has 3 aromatic rings. The van der Waals surface area contributed by atoms with Crippen LogP contribution in [0.15, 0.2) is 82.8 Å². The summed E-state index contributed by atoms with van der Waals surface area (Å²) in [5.74, 6) is -0.263. The minimum atomic E-state index is -0.803. The third kappa shape index (κ3) is 5.35. The number of imide groups is 2. The number of rotatable bonds is 7. The molecular weight excluding hydrogens is 500 g/mol. The van der Waals surface area contributed by atoms with Gasteiger partial charge in [-0.2, -0.15) is 0 Å². The molecule has 172 valence electrons. The van der Waals surface area contributed by atoms with Crippen LogP contribution in [0.3, 0.4) is 0 Å². The second-order valence-corrected chi connectivity index (χ2v) is 8.29. The summed E-state index contributed by atoms with van der Waals surface area (Å²) in [5, 5.41) is 2.23. The molecule has 1 heterocycles. The molecule has 1 fully saturated rings. The van der Waals surface area contributed by atoms with E-state index in [1.165, 1.54) is 6.08 Å². The Bertz CT molecular complexity index is 1250. The lowest BCUT2D eigenvalue weighted by Crippen LogP contribution is -2.54. The highest BCUT2D eigenvalue weighted by atomic mass is 79.9. The molecule has 7 nitrogen and oxygen atoms in total. The molecule has 0 bridgehead atoms. The molecule has 0 atom stereocenters. The zero-order valence-electron chi connectivity index (χ0n) is 18.3. The van der Waals surface area contributed by atoms with E-state index in [1.807, 2.05) is 31.2 Å². The number of carbonyl (C=O) groups is 3. The summed E-state index contributed by atoms with van der Waals surface area (Å²) in [6, 6.07) is 20.5. The normalized spacial score (nSPS) is 14.8. The minimum Gasteiger partial charge on any atom is -0.494 e. The fraction of sp³-hybridized carbons (Fsp3) is 0.115. The number of ether oxygens (including phenoxy) is 2. The number of benzene rings is 3. The molecule has 1 saturated heterocycles. The van der Waals surface area contributed by atoms with Crippen molar-refractivity contribution in [3.63, 3.8) is 0 Å². The standard InChI is InChI=1S/C26H21BrN2O5/c1-2-33-21-12-10-20(11-13-21)29-25(31)23(24(30)28-26(29)32)15-18-4-3-5-22(14-18)34-16-17-6-8-19(27)9-7-17/h3-15H,2,16H2,1H3,(H,28,30,32)/b23-15-. The SMILES string of the molecule is CCOc1ccc(N2C(=O)NC(=O)/C(=C/c3cccc(OCc4ccc(Br)cc4)c3)C2=O)cc1. The lowest BCUT2D eigenvalue weighted by Gasteiger charge is -2.26. The average molecular weight is 521 g/mol. The van der Waals surface area contributed by atoms with Gasteiger partial charge in [0.1, 0.15) is 23.7 Å². The van der Waals surface area contributed by atoms with Crippen molar-refractivity contribution >= 4 is 45.5 Å². The first kappa shape index (κ1) is 23.3. The molecule has 4 amide bonds. The van der Waals surface area contributed by atoms with Gasteiger partial charge in [0.25, 0.3) is 11.8 Å². The number of nitrogens with one attached hydrogen (secondary N) is 1. The molecular formula is C26H21BrN2O5. The summed E-state index contributed by atoms with van der Waals surface area (Å²) < 4.78 is 12.2. The Labute approximate surface area is 205 Å². The van der Waals surface area contributed by atoms with E-state index in [9.17, 15) is 14.4 Å². The second kappa shape index (κ2) is 10.4. The number of halogens is 1. The van der Waals surface area contributed by atoms with Crippen LogP contribution in [-0.2, 0) is 16.2 Å². The molecule has 1 N–H and O–H groups in total. The summed E-state index contributed by atoms with van der Waals surface area (Å²) in [6.07, 6.45) is 1.44. The van der Waals surface area contributed by atoms with Gasteiger partial charge >= 0.3 is 6.03 Å². The van der Waals surface area contributed by atoms with E-state index in [4.69, 9.17) is 9.47 Å². The zero-order valence-corrected chi connectivity index (χ0v) is 19.9. The van der Waals surface area contributed by atoms with Crippen LogP contribution in [0.4, 0.5) is 10.5 Å². The summed E-state index contributed by atoms with van der Waals surface area (Å²) in [6.45, 7) is 2.72. The molecule has 0 saturated carbocycles. The van der Waals surface area contributed by atoms with E-state index in [1.54, 1.807) is 48.5 Å². The van der Waals surface area contributed by atoms with Crippen molar-refractivity contribution in [1.29, 1.82) is 0 Å². The van der Waals surface area contributed by atoms with Crippen molar-refractivity contribution in [2.45, 2.75) is 13.5 Å². The zero-order chi connectivity index (χ0) is 24.1. The van der Waals surface area contributed by atoms with Gasteiger partial charge in [-0.1, -0.05) is 40.2 Å². The van der Waals surface area contributed by atoms with Gasteiger partial charge in [-0.05, 0) is 72.7 Å². The first-order valence-electron chi connectivity index (χ1n) is 10.6. The van der Waals surface area contributed by atoms with Gasteiger partial charge in [-0.25, -0.2) is 9.69 Å². The highest BCUT2D eigenvalue weighted by Gasteiger charge is 2.36. The van der Waals surface area contributed by atoms with E-state index in [0.29, 0.717) is 36.0 Å². The van der Waals surface area contributed by atoms with E-state index >= 15 is 0 Å². The Morgan fingerprint density at radius 1 is 0.912 bits per heavy atom. The average Bonchev–Trinajstić information content (AvgIpc) is 2.83. The predicted octanol–water partition coefficient (Wildman–Crippen LogP) is 5.09. The number of hydrogen-bond donors (Lipinski definition) is 1. The Hall–Kier alpha value is -3.91. The Kier molecular flexibility index (Phi) is 7.08. The highest BCUT2D eigenvalue weighted by Crippen LogP contribution is 2.25. The number of barbiturate groups is 1. The van der Waals surface area contributed by atoms with Crippen molar-refractivity contribution in [2.24, 2.45) is 0 Å². The summed E-state index contributed by atoms with van der Waals surface area (Å²) in [5.41, 5.74) is 1.76. The maximum Gasteiger partial charge on any atom is 0.335 e. The molecule has 0 aliphatic carbocycles. The third-order valence-electron chi connectivity index (χ3n) is 5.00. The van der Waals surface area contributed by atoms with Crippen LogP contribution in [-0.4, -0.2) is 24.5 Å². The van der Waals surface area contributed by atoms with Gasteiger partial charge in [0.2, 0.25) is 0 Å². The van der Waals surface area contributed by atoms with Crippen LogP contribution in [0.2, 0.25) is 0 Å². The van der Waals surface area contributed by atoms with Gasteiger partial charge in [-0.15, -0.1) is 0 Å². The second-order valence-electron chi connectivity index (χ2n) is 7.37. The maximum atomic E-state index is 13.1. The number of carbonyl (C=O) groups excluding carboxylic acids is 3. The minimum absolute atomic E-state index is 0.154. The van der Waals surface area contributed by atoms with Crippen LogP contribution in [0.25, 0.3) is 6.08 Å². The summed E-state index contributed by atoms with van der Waals surface area (Å²) >= 11 is 3.40. The molecule has 1 aliphatic rings. The molecule has 34 heavy (non-hydrogen) atoms. The van der Waals surface area contributed by atoms with Crippen molar-refractivity contribution in [1.82, 2.24) is 5.32 Å². The van der Waals surface area contributed by atoms with Crippen molar-refractivity contribution < 1.29 is 23.9 Å². The van der Waals surface area contributed by atoms with Crippen LogP contribution in [0, 0.1) is 0 Å². The van der Waals surface area contributed by atoms with Gasteiger partial charge < -0.3 is 9.47 Å². The largest absolute Gasteiger partial charge is 0.494 e. The smallest absolute Gasteiger partial charge is 0.335 e. The van der Waals surface area contributed by atoms with Gasteiger partial charge in [0, 0.05) is 4.47 Å². The molecule has 1 aliphatic heterocycles. The lowest BCUT2D eigenvalue weighted by molar-refractivity contribution is -0.122. The Morgan fingerprint density at radius 3 is 2.35 bits per heavy atom. The summed E-state index contributed by atoms with van der Waals surface area (Å²) in [7, 11) is 0.